The van der Waals surface area contributed by atoms with E-state index in [2.05, 4.69) is 18.5 Å². The van der Waals surface area contributed by atoms with Crippen LogP contribution in [0.3, 0.4) is 0 Å². The van der Waals surface area contributed by atoms with Gasteiger partial charge in [-0.2, -0.15) is 11.8 Å². The van der Waals surface area contributed by atoms with Crippen molar-refractivity contribution in [3.05, 3.63) is 0 Å². The molecule has 1 fully saturated rings. The highest BCUT2D eigenvalue weighted by Crippen LogP contribution is 2.29. The molecule has 0 saturated carbocycles. The number of piperidine rings is 1. The molecule has 3 nitrogen and oxygen atoms in total. The number of hydrogen-bond donors (Lipinski definition) is 1. The molecule has 0 aliphatic carbocycles. The fraction of sp³-hybridized carbons (Fsp3) is 0.909. The number of rotatable bonds is 4. The van der Waals surface area contributed by atoms with Crippen molar-refractivity contribution < 1.29 is 4.79 Å². The van der Waals surface area contributed by atoms with Gasteiger partial charge in [0.05, 0.1) is 0 Å². The van der Waals surface area contributed by atoms with Crippen LogP contribution in [0.5, 0.6) is 0 Å². The van der Waals surface area contributed by atoms with Crippen LogP contribution in [0.4, 0.5) is 0 Å². The third-order valence-corrected chi connectivity index (χ3v) is 3.79. The van der Waals surface area contributed by atoms with Gasteiger partial charge < -0.3 is 10.2 Å². The first-order chi connectivity index (χ1) is 7.10. The smallest absolute Gasteiger partial charge is 0.228 e. The van der Waals surface area contributed by atoms with Gasteiger partial charge in [-0.3, -0.25) is 4.79 Å². The molecule has 0 unspecified atom stereocenters. The monoisotopic (exact) mass is 230 g/mol. The minimum atomic E-state index is -0.127. The summed E-state index contributed by atoms with van der Waals surface area (Å²) in [4.78, 5) is 14.1. The highest BCUT2D eigenvalue weighted by atomic mass is 32.2. The third kappa shape index (κ3) is 3.38. The maximum absolute atomic E-state index is 12.2. The molecule has 0 atom stereocenters. The average Bonchev–Trinajstić information content (AvgIpc) is 2.26. The Morgan fingerprint density at radius 1 is 1.47 bits per heavy atom. The van der Waals surface area contributed by atoms with Gasteiger partial charge in [-0.25, -0.2) is 0 Å². The summed E-state index contributed by atoms with van der Waals surface area (Å²) in [5.41, 5.74) is -0.127. The van der Waals surface area contributed by atoms with E-state index in [1.54, 1.807) is 11.8 Å². The van der Waals surface area contributed by atoms with E-state index < -0.39 is 0 Å². The molecule has 1 aliphatic heterocycles. The lowest BCUT2D eigenvalue weighted by Gasteiger charge is -2.35. The first-order valence-corrected chi connectivity index (χ1v) is 6.95. The Balaban J connectivity index is 2.49. The molecule has 4 heteroatoms. The molecule has 88 valence electrons. The van der Waals surface area contributed by atoms with E-state index >= 15 is 0 Å². The van der Waals surface area contributed by atoms with Crippen LogP contribution in [0.15, 0.2) is 0 Å². The Kier molecular flexibility index (Phi) is 4.93. The number of carbonyl (C=O) groups excluding carboxylic acids is 1. The van der Waals surface area contributed by atoms with Gasteiger partial charge in [-0.15, -0.1) is 0 Å². The summed E-state index contributed by atoms with van der Waals surface area (Å²) < 4.78 is 0. The molecule has 1 rings (SSSR count). The predicted molar refractivity (Wildman–Crippen MR) is 66.2 cm³/mol. The topological polar surface area (TPSA) is 32.3 Å². The maximum atomic E-state index is 12.2. The third-order valence-electron chi connectivity index (χ3n) is 3.20. The molecule has 15 heavy (non-hydrogen) atoms. The van der Waals surface area contributed by atoms with Gasteiger partial charge in [0.1, 0.15) is 0 Å². The molecule has 1 amide bonds. The van der Waals surface area contributed by atoms with Crippen molar-refractivity contribution in [3.8, 4) is 0 Å². The van der Waals surface area contributed by atoms with Crippen molar-refractivity contribution >= 4 is 17.7 Å². The Bertz CT molecular complexity index is 215. The van der Waals surface area contributed by atoms with E-state index in [1.165, 1.54) is 0 Å². The Morgan fingerprint density at radius 3 is 2.60 bits per heavy atom. The first kappa shape index (κ1) is 12.8. The van der Waals surface area contributed by atoms with Gasteiger partial charge in [-0.05, 0) is 32.2 Å². The van der Waals surface area contributed by atoms with E-state index in [0.29, 0.717) is 5.91 Å². The Morgan fingerprint density at radius 2 is 2.07 bits per heavy atom. The summed E-state index contributed by atoms with van der Waals surface area (Å²) in [6, 6.07) is 0. The summed E-state index contributed by atoms with van der Waals surface area (Å²) >= 11 is 1.79. The molecule has 0 aromatic heterocycles. The molecule has 0 aromatic rings. The lowest BCUT2D eigenvalue weighted by Crippen LogP contribution is -2.46. The highest BCUT2D eigenvalue weighted by molar-refractivity contribution is 7.98. The van der Waals surface area contributed by atoms with Crippen LogP contribution in [0.2, 0.25) is 0 Å². The van der Waals surface area contributed by atoms with Crippen LogP contribution in [0.25, 0.3) is 0 Å². The molecule has 0 spiro atoms. The maximum Gasteiger partial charge on any atom is 0.228 e. The number of carbonyl (C=O) groups is 1. The largest absolute Gasteiger partial charge is 0.344 e. The van der Waals surface area contributed by atoms with E-state index in [0.717, 1.165) is 38.2 Å². The van der Waals surface area contributed by atoms with Crippen molar-refractivity contribution in [2.24, 2.45) is 5.41 Å². The fourth-order valence-electron chi connectivity index (χ4n) is 1.98. The van der Waals surface area contributed by atoms with Crippen molar-refractivity contribution in [3.63, 3.8) is 0 Å². The fourth-order valence-corrected chi connectivity index (χ4v) is 2.44. The van der Waals surface area contributed by atoms with Crippen LogP contribution < -0.4 is 5.32 Å². The van der Waals surface area contributed by atoms with Crippen molar-refractivity contribution in [2.45, 2.75) is 19.8 Å². The molecule has 1 aliphatic rings. The number of nitrogens with one attached hydrogen (secondary N) is 1. The van der Waals surface area contributed by atoms with Gasteiger partial charge in [0, 0.05) is 24.8 Å². The molecule has 0 aromatic carbocycles. The highest BCUT2D eigenvalue weighted by Gasteiger charge is 2.36. The quantitative estimate of drug-likeness (QED) is 0.787. The predicted octanol–water partition coefficient (Wildman–Crippen LogP) is 1.20. The number of amides is 1. The van der Waals surface area contributed by atoms with Crippen molar-refractivity contribution in [1.29, 1.82) is 0 Å². The number of nitrogens with zero attached hydrogens (tertiary/aromatic N) is 1. The summed E-state index contributed by atoms with van der Waals surface area (Å²) in [6.07, 6.45) is 4.01. The van der Waals surface area contributed by atoms with Crippen LogP contribution in [0.1, 0.15) is 19.8 Å². The summed E-state index contributed by atoms with van der Waals surface area (Å²) in [5.74, 6) is 1.34. The van der Waals surface area contributed by atoms with Crippen molar-refractivity contribution in [2.75, 3.05) is 38.7 Å². The van der Waals surface area contributed by atoms with Gasteiger partial charge in [0.15, 0.2) is 0 Å². The number of hydrogen-bond acceptors (Lipinski definition) is 3. The molecule has 1 N–H and O–H groups in total. The van der Waals surface area contributed by atoms with Crippen LogP contribution in [-0.4, -0.2) is 49.5 Å². The van der Waals surface area contributed by atoms with E-state index in [4.69, 9.17) is 0 Å². The van der Waals surface area contributed by atoms with Crippen LogP contribution in [-0.2, 0) is 4.79 Å². The Labute approximate surface area is 97.0 Å². The van der Waals surface area contributed by atoms with E-state index in [-0.39, 0.29) is 5.41 Å². The minimum Gasteiger partial charge on any atom is -0.344 e. The van der Waals surface area contributed by atoms with Gasteiger partial charge in [0.2, 0.25) is 5.91 Å². The second-order valence-electron chi connectivity index (χ2n) is 4.53. The average molecular weight is 230 g/mol. The zero-order valence-corrected chi connectivity index (χ0v) is 10.8. The molecule has 0 bridgehead atoms. The lowest BCUT2D eigenvalue weighted by molar-refractivity contribution is -0.141. The lowest BCUT2D eigenvalue weighted by atomic mass is 9.80. The zero-order valence-electron chi connectivity index (χ0n) is 10.0. The molecule has 1 saturated heterocycles. The zero-order chi connectivity index (χ0) is 11.3. The normalized spacial score (nSPS) is 19.9. The molecule has 1 heterocycles. The van der Waals surface area contributed by atoms with Crippen LogP contribution >= 0.6 is 11.8 Å². The summed E-state index contributed by atoms with van der Waals surface area (Å²) in [5, 5.41) is 3.30. The minimum absolute atomic E-state index is 0.127. The number of thioether (sulfide) groups is 1. The molecule has 0 radical (unpaired) electrons. The second kappa shape index (κ2) is 5.75. The van der Waals surface area contributed by atoms with E-state index in [9.17, 15) is 4.79 Å². The summed E-state index contributed by atoms with van der Waals surface area (Å²) in [6.45, 7) is 4.91. The van der Waals surface area contributed by atoms with Gasteiger partial charge in [-0.1, -0.05) is 6.92 Å². The standard InChI is InChI=1S/C11H22N2OS/c1-11(4-6-12-7-5-11)10(14)13(2)8-9-15-3/h12H,4-9H2,1-3H3. The van der Waals surface area contributed by atoms with Crippen molar-refractivity contribution in [1.82, 2.24) is 10.2 Å². The molecular weight excluding hydrogens is 208 g/mol. The van der Waals surface area contributed by atoms with Crippen LogP contribution in [0, 0.1) is 5.41 Å². The van der Waals surface area contributed by atoms with E-state index in [1.807, 2.05) is 11.9 Å². The summed E-state index contributed by atoms with van der Waals surface area (Å²) in [7, 11) is 1.92. The van der Waals surface area contributed by atoms with Gasteiger partial charge in [0.25, 0.3) is 0 Å². The Hall–Kier alpha value is -0.220. The first-order valence-electron chi connectivity index (χ1n) is 5.55. The second-order valence-corrected chi connectivity index (χ2v) is 5.52. The molecular formula is C11H22N2OS. The SMILES string of the molecule is CSCCN(C)C(=O)C1(C)CCNCC1. The van der Waals surface area contributed by atoms with Gasteiger partial charge >= 0.3 is 0 Å².